The Labute approximate surface area is 127 Å². The summed E-state index contributed by atoms with van der Waals surface area (Å²) >= 11 is 0. The van der Waals surface area contributed by atoms with Gasteiger partial charge in [0.15, 0.2) is 0 Å². The molecular weight excluding hydrogens is 286 g/mol. The van der Waals surface area contributed by atoms with Crippen molar-refractivity contribution in [2.45, 2.75) is 18.9 Å². The normalized spacial score (nSPS) is 15.6. The molecule has 2 aromatic heterocycles. The third-order valence-electron chi connectivity index (χ3n) is 3.58. The van der Waals surface area contributed by atoms with Crippen LogP contribution in [0.3, 0.4) is 0 Å². The van der Waals surface area contributed by atoms with Gasteiger partial charge in [0.25, 0.3) is 5.91 Å². The molecule has 0 aliphatic carbocycles. The first-order valence-corrected chi connectivity index (χ1v) is 7.11. The van der Waals surface area contributed by atoms with Gasteiger partial charge in [-0.2, -0.15) is 4.98 Å². The molecule has 0 spiro atoms. The number of carbonyl (C=O) groups is 1. The van der Waals surface area contributed by atoms with E-state index >= 15 is 0 Å². The van der Waals surface area contributed by atoms with Crippen molar-refractivity contribution in [3.05, 3.63) is 36.4 Å². The Kier molecular flexibility index (Phi) is 4.22. The number of ether oxygens (including phenoxy) is 2. The number of carbonyl (C=O) groups excluding carboxylic acids is 1. The van der Waals surface area contributed by atoms with E-state index in [1.165, 1.54) is 19.6 Å². The van der Waals surface area contributed by atoms with Crippen LogP contribution >= 0.6 is 0 Å². The molecule has 0 saturated carbocycles. The molecule has 22 heavy (non-hydrogen) atoms. The van der Waals surface area contributed by atoms with Crippen molar-refractivity contribution in [3.63, 3.8) is 0 Å². The van der Waals surface area contributed by atoms with Crippen LogP contribution in [0.25, 0.3) is 0 Å². The first kappa shape index (κ1) is 14.4. The maximum Gasteiger partial charge on any atom is 0.319 e. The van der Waals surface area contributed by atoms with Gasteiger partial charge in [-0.15, -0.1) is 0 Å². The van der Waals surface area contributed by atoms with Crippen molar-refractivity contribution in [1.82, 2.24) is 14.9 Å². The fourth-order valence-corrected chi connectivity index (χ4v) is 2.41. The molecule has 116 valence electrons. The molecule has 2 aromatic rings. The average molecular weight is 303 g/mol. The first-order chi connectivity index (χ1) is 10.8. The Morgan fingerprint density at radius 3 is 2.86 bits per heavy atom. The van der Waals surface area contributed by atoms with Gasteiger partial charge in [0.1, 0.15) is 12.4 Å². The highest BCUT2D eigenvalue weighted by Crippen LogP contribution is 2.19. The highest BCUT2D eigenvalue weighted by atomic mass is 16.5. The summed E-state index contributed by atoms with van der Waals surface area (Å²) < 4.78 is 15.7. The van der Waals surface area contributed by atoms with Gasteiger partial charge in [-0.1, -0.05) is 0 Å². The number of methoxy groups -OCH3 is 1. The number of likely N-dealkylation sites (tertiary alicyclic amines) is 1. The molecule has 3 heterocycles. The maximum atomic E-state index is 12.2. The van der Waals surface area contributed by atoms with Crippen LogP contribution in [0, 0.1) is 0 Å². The minimum Gasteiger partial charge on any atom is -0.474 e. The summed E-state index contributed by atoms with van der Waals surface area (Å²) in [4.78, 5) is 22.1. The van der Waals surface area contributed by atoms with E-state index in [1.54, 1.807) is 18.3 Å². The van der Waals surface area contributed by atoms with E-state index < -0.39 is 0 Å². The van der Waals surface area contributed by atoms with Gasteiger partial charge in [0, 0.05) is 38.2 Å². The number of hydrogen-bond acceptors (Lipinski definition) is 6. The first-order valence-electron chi connectivity index (χ1n) is 7.11. The van der Waals surface area contributed by atoms with Crippen LogP contribution in [-0.4, -0.2) is 47.1 Å². The number of hydrogen-bond donors (Lipinski definition) is 0. The average Bonchev–Trinajstić information content (AvgIpc) is 3.09. The topological polar surface area (TPSA) is 77.7 Å². The van der Waals surface area contributed by atoms with Crippen LogP contribution < -0.4 is 9.47 Å². The van der Waals surface area contributed by atoms with E-state index in [2.05, 4.69) is 9.97 Å². The maximum absolute atomic E-state index is 12.2. The molecule has 3 rings (SSSR count). The summed E-state index contributed by atoms with van der Waals surface area (Å²) in [5.74, 6) is 0.488. The second-order valence-corrected chi connectivity index (χ2v) is 5.00. The predicted octanol–water partition coefficient (Wildman–Crippen LogP) is 1.76. The standard InChI is InChI=1S/C15H17N3O4/c1-20-15-16-6-2-13(17-15)22-12-3-7-18(8-4-12)14(19)11-5-9-21-10-11/h2,5-6,9-10,12H,3-4,7-8H2,1H3. The van der Waals surface area contributed by atoms with Crippen LogP contribution in [-0.2, 0) is 0 Å². The lowest BCUT2D eigenvalue weighted by atomic mass is 10.1. The zero-order valence-corrected chi connectivity index (χ0v) is 12.3. The Morgan fingerprint density at radius 2 is 2.18 bits per heavy atom. The SMILES string of the molecule is COc1nccc(OC2CCN(C(=O)c3ccoc3)CC2)n1. The van der Waals surface area contributed by atoms with Gasteiger partial charge in [0.2, 0.25) is 5.88 Å². The van der Waals surface area contributed by atoms with Gasteiger partial charge < -0.3 is 18.8 Å². The number of piperidine rings is 1. The fraction of sp³-hybridized carbons (Fsp3) is 0.400. The Bertz CT molecular complexity index is 621. The molecule has 1 saturated heterocycles. The Morgan fingerprint density at radius 1 is 1.36 bits per heavy atom. The zero-order chi connectivity index (χ0) is 15.4. The fourth-order valence-electron chi connectivity index (χ4n) is 2.41. The number of aromatic nitrogens is 2. The molecule has 7 nitrogen and oxygen atoms in total. The number of rotatable bonds is 4. The third kappa shape index (κ3) is 3.19. The Hall–Kier alpha value is -2.57. The molecule has 0 unspecified atom stereocenters. The monoisotopic (exact) mass is 303 g/mol. The lowest BCUT2D eigenvalue weighted by Crippen LogP contribution is -2.41. The van der Waals surface area contributed by atoms with Crippen molar-refractivity contribution in [1.29, 1.82) is 0 Å². The van der Waals surface area contributed by atoms with Crippen molar-refractivity contribution < 1.29 is 18.7 Å². The van der Waals surface area contributed by atoms with Crippen molar-refractivity contribution in [3.8, 4) is 11.9 Å². The van der Waals surface area contributed by atoms with E-state index in [0.29, 0.717) is 24.5 Å². The highest BCUT2D eigenvalue weighted by molar-refractivity contribution is 5.93. The summed E-state index contributed by atoms with van der Waals surface area (Å²) in [6.07, 6.45) is 6.13. The van der Waals surface area contributed by atoms with Crippen molar-refractivity contribution >= 4 is 5.91 Å². The molecule has 0 N–H and O–H groups in total. The second-order valence-electron chi connectivity index (χ2n) is 5.00. The number of amides is 1. The smallest absolute Gasteiger partial charge is 0.319 e. The van der Waals surface area contributed by atoms with E-state index in [-0.39, 0.29) is 18.0 Å². The summed E-state index contributed by atoms with van der Waals surface area (Å²) in [5.41, 5.74) is 0.583. The van der Waals surface area contributed by atoms with Crippen LogP contribution in [0.15, 0.2) is 35.3 Å². The number of furan rings is 1. The third-order valence-corrected chi connectivity index (χ3v) is 3.58. The largest absolute Gasteiger partial charge is 0.474 e. The molecule has 1 aliphatic heterocycles. The molecule has 7 heteroatoms. The molecule has 0 atom stereocenters. The van der Waals surface area contributed by atoms with E-state index in [9.17, 15) is 4.79 Å². The molecule has 1 aliphatic rings. The van der Waals surface area contributed by atoms with Gasteiger partial charge in [-0.05, 0) is 6.07 Å². The van der Waals surface area contributed by atoms with Crippen LogP contribution in [0.5, 0.6) is 11.9 Å². The predicted molar refractivity (Wildman–Crippen MR) is 76.8 cm³/mol. The van der Waals surface area contributed by atoms with Gasteiger partial charge >= 0.3 is 6.01 Å². The van der Waals surface area contributed by atoms with Crippen molar-refractivity contribution in [2.75, 3.05) is 20.2 Å². The van der Waals surface area contributed by atoms with E-state index in [1.807, 2.05) is 4.90 Å². The summed E-state index contributed by atoms with van der Waals surface area (Å²) in [6.45, 7) is 1.30. The number of nitrogens with zero attached hydrogens (tertiary/aromatic N) is 3. The molecule has 1 fully saturated rings. The van der Waals surface area contributed by atoms with E-state index in [4.69, 9.17) is 13.9 Å². The van der Waals surface area contributed by atoms with Crippen molar-refractivity contribution in [2.24, 2.45) is 0 Å². The molecule has 0 radical (unpaired) electrons. The quantitative estimate of drug-likeness (QED) is 0.856. The lowest BCUT2D eigenvalue weighted by Gasteiger charge is -2.31. The van der Waals surface area contributed by atoms with Crippen LogP contribution in [0.1, 0.15) is 23.2 Å². The van der Waals surface area contributed by atoms with E-state index in [0.717, 1.165) is 12.8 Å². The second kappa shape index (κ2) is 6.46. The highest BCUT2D eigenvalue weighted by Gasteiger charge is 2.25. The summed E-state index contributed by atoms with van der Waals surface area (Å²) in [7, 11) is 1.51. The van der Waals surface area contributed by atoms with Crippen LogP contribution in [0.2, 0.25) is 0 Å². The van der Waals surface area contributed by atoms with Crippen LogP contribution in [0.4, 0.5) is 0 Å². The molecule has 0 bridgehead atoms. The zero-order valence-electron chi connectivity index (χ0n) is 12.3. The minimum absolute atomic E-state index is 0.00379. The molecular formula is C15H17N3O4. The lowest BCUT2D eigenvalue weighted by molar-refractivity contribution is 0.0586. The molecule has 0 aromatic carbocycles. The van der Waals surface area contributed by atoms with Gasteiger partial charge in [-0.3, -0.25) is 4.79 Å². The molecule has 1 amide bonds. The minimum atomic E-state index is -0.00379. The Balaban J connectivity index is 1.54. The summed E-state index contributed by atoms with van der Waals surface area (Å²) in [6, 6.07) is 3.66. The van der Waals surface area contributed by atoms with Gasteiger partial charge in [0.05, 0.1) is 18.9 Å². The summed E-state index contributed by atoms with van der Waals surface area (Å²) in [5, 5.41) is 0. The van der Waals surface area contributed by atoms with Gasteiger partial charge in [-0.25, -0.2) is 4.98 Å².